The van der Waals surface area contributed by atoms with Crippen LogP contribution in [0.15, 0.2) is 36.5 Å². The van der Waals surface area contributed by atoms with Crippen LogP contribution in [0.2, 0.25) is 0 Å². The van der Waals surface area contributed by atoms with E-state index < -0.39 is 0 Å². The van der Waals surface area contributed by atoms with Crippen molar-refractivity contribution in [2.75, 3.05) is 6.61 Å². The summed E-state index contributed by atoms with van der Waals surface area (Å²) in [6.45, 7) is 0.00174. The molecule has 0 unspecified atom stereocenters. The summed E-state index contributed by atoms with van der Waals surface area (Å²) in [5, 5.41) is 13.0. The summed E-state index contributed by atoms with van der Waals surface area (Å²) < 4.78 is 0. The molecule has 2 aromatic rings. The molecule has 92 valence electrons. The van der Waals surface area contributed by atoms with Gasteiger partial charge in [-0.3, -0.25) is 9.78 Å². The molecular formula is C14H14N2O2. The number of hydrogen-bond acceptors (Lipinski definition) is 3. The molecule has 0 radical (unpaired) electrons. The highest BCUT2D eigenvalue weighted by Crippen LogP contribution is 2.35. The van der Waals surface area contributed by atoms with Crippen molar-refractivity contribution in [3.8, 4) is 0 Å². The Bertz CT molecular complexity index is 600. The van der Waals surface area contributed by atoms with Crippen LogP contribution in [0.25, 0.3) is 10.9 Å². The number of pyridine rings is 1. The summed E-state index contributed by atoms with van der Waals surface area (Å²) in [7, 11) is 0. The molecule has 4 nitrogen and oxygen atoms in total. The number of aliphatic hydroxyl groups excluding tert-OH is 1. The maximum absolute atomic E-state index is 12.2. The Balaban J connectivity index is 1.96. The lowest BCUT2D eigenvalue weighted by molar-refractivity contribution is 0.0908. The lowest BCUT2D eigenvalue weighted by Crippen LogP contribution is -2.39. The average molecular weight is 242 g/mol. The Morgan fingerprint density at radius 1 is 1.33 bits per heavy atom. The van der Waals surface area contributed by atoms with Crippen LogP contribution in [0.4, 0.5) is 0 Å². The third-order valence-corrected chi connectivity index (χ3v) is 3.43. The number of carbonyl (C=O) groups is 1. The van der Waals surface area contributed by atoms with Crippen molar-refractivity contribution in [3.05, 3.63) is 42.1 Å². The minimum Gasteiger partial charge on any atom is -0.394 e. The summed E-state index contributed by atoms with van der Waals surface area (Å²) in [6.07, 6.45) is 3.33. The van der Waals surface area contributed by atoms with Gasteiger partial charge in [0.05, 0.1) is 23.2 Å². The lowest BCUT2D eigenvalue weighted by atomic mass is 10.1. The summed E-state index contributed by atoms with van der Waals surface area (Å²) in [4.78, 5) is 16.5. The third kappa shape index (κ3) is 1.84. The highest BCUT2D eigenvalue weighted by atomic mass is 16.3. The topological polar surface area (TPSA) is 62.2 Å². The second-order valence-electron chi connectivity index (χ2n) is 4.77. The van der Waals surface area contributed by atoms with Crippen LogP contribution in [0.3, 0.4) is 0 Å². The zero-order valence-electron chi connectivity index (χ0n) is 9.89. The van der Waals surface area contributed by atoms with Crippen molar-refractivity contribution in [2.45, 2.75) is 18.4 Å². The van der Waals surface area contributed by atoms with Gasteiger partial charge in [0, 0.05) is 11.6 Å². The molecule has 0 aliphatic heterocycles. The molecule has 18 heavy (non-hydrogen) atoms. The van der Waals surface area contributed by atoms with Gasteiger partial charge in [-0.1, -0.05) is 18.2 Å². The van der Waals surface area contributed by atoms with E-state index >= 15 is 0 Å². The smallest absolute Gasteiger partial charge is 0.252 e. The number of nitrogens with one attached hydrogen (secondary N) is 1. The molecule has 0 atom stereocenters. The Morgan fingerprint density at radius 2 is 2.11 bits per heavy atom. The number of carbonyl (C=O) groups excluding carboxylic acids is 1. The van der Waals surface area contributed by atoms with Gasteiger partial charge in [0.2, 0.25) is 0 Å². The molecule has 1 amide bonds. The molecule has 1 aromatic heterocycles. The number of nitrogens with zero attached hydrogens (tertiary/aromatic N) is 1. The second-order valence-corrected chi connectivity index (χ2v) is 4.77. The fourth-order valence-corrected chi connectivity index (χ4v) is 2.08. The first-order valence-electron chi connectivity index (χ1n) is 6.01. The van der Waals surface area contributed by atoms with Crippen molar-refractivity contribution in [1.82, 2.24) is 10.3 Å². The number of aromatic nitrogens is 1. The number of fused-ring (bicyclic) bond motifs is 1. The predicted molar refractivity (Wildman–Crippen MR) is 68.3 cm³/mol. The van der Waals surface area contributed by atoms with Crippen LogP contribution >= 0.6 is 0 Å². The van der Waals surface area contributed by atoms with Crippen molar-refractivity contribution in [3.63, 3.8) is 0 Å². The molecule has 2 N–H and O–H groups in total. The van der Waals surface area contributed by atoms with Gasteiger partial charge in [0.1, 0.15) is 0 Å². The molecule has 0 spiro atoms. The van der Waals surface area contributed by atoms with Crippen LogP contribution in [-0.2, 0) is 0 Å². The first-order chi connectivity index (χ1) is 8.74. The molecule has 1 aliphatic rings. The van der Waals surface area contributed by atoms with Gasteiger partial charge in [0.15, 0.2) is 0 Å². The largest absolute Gasteiger partial charge is 0.394 e. The molecule has 1 aliphatic carbocycles. The molecule has 0 bridgehead atoms. The normalized spacial score (nSPS) is 16.5. The Hall–Kier alpha value is -1.94. The first-order valence-corrected chi connectivity index (χ1v) is 6.01. The molecule has 1 aromatic carbocycles. The minimum atomic E-state index is -0.387. The Morgan fingerprint density at radius 3 is 2.83 bits per heavy atom. The fraction of sp³-hybridized carbons (Fsp3) is 0.286. The van der Waals surface area contributed by atoms with Crippen molar-refractivity contribution in [2.24, 2.45) is 0 Å². The van der Waals surface area contributed by atoms with E-state index in [0.29, 0.717) is 5.56 Å². The highest BCUT2D eigenvalue weighted by Gasteiger charge is 2.43. The summed E-state index contributed by atoms with van der Waals surface area (Å²) in [5.41, 5.74) is 1.03. The van der Waals surface area contributed by atoms with Gasteiger partial charge >= 0.3 is 0 Å². The number of hydrogen-bond donors (Lipinski definition) is 2. The minimum absolute atomic E-state index is 0.00174. The lowest BCUT2D eigenvalue weighted by Gasteiger charge is -2.15. The van der Waals surface area contributed by atoms with E-state index in [1.54, 1.807) is 12.3 Å². The number of benzene rings is 1. The zero-order chi connectivity index (χ0) is 12.6. The SMILES string of the molecule is O=C(NC1(CO)CC1)c1ccnc2ccccc12. The fourth-order valence-electron chi connectivity index (χ4n) is 2.08. The molecule has 4 heteroatoms. The Kier molecular flexibility index (Phi) is 2.52. The van der Waals surface area contributed by atoms with E-state index in [1.165, 1.54) is 0 Å². The zero-order valence-corrected chi connectivity index (χ0v) is 9.89. The number of rotatable bonds is 3. The van der Waals surface area contributed by atoms with Crippen molar-refractivity contribution >= 4 is 16.8 Å². The first kappa shape index (κ1) is 11.2. The predicted octanol–water partition coefficient (Wildman–Crippen LogP) is 1.49. The van der Waals surface area contributed by atoms with E-state index in [0.717, 1.165) is 23.7 Å². The monoisotopic (exact) mass is 242 g/mol. The molecule has 0 saturated heterocycles. The van der Waals surface area contributed by atoms with Crippen LogP contribution in [0.5, 0.6) is 0 Å². The highest BCUT2D eigenvalue weighted by molar-refractivity contribution is 6.06. The van der Waals surface area contributed by atoms with Gasteiger partial charge in [-0.25, -0.2) is 0 Å². The molecular weight excluding hydrogens is 228 g/mol. The average Bonchev–Trinajstić information content (AvgIpc) is 3.18. The quantitative estimate of drug-likeness (QED) is 0.857. The van der Waals surface area contributed by atoms with Crippen LogP contribution in [-0.4, -0.2) is 28.1 Å². The van der Waals surface area contributed by atoms with Gasteiger partial charge in [0.25, 0.3) is 5.91 Å². The second kappa shape index (κ2) is 4.07. The maximum Gasteiger partial charge on any atom is 0.252 e. The van der Waals surface area contributed by atoms with Gasteiger partial charge < -0.3 is 10.4 Å². The van der Waals surface area contributed by atoms with Crippen molar-refractivity contribution in [1.29, 1.82) is 0 Å². The van der Waals surface area contributed by atoms with E-state index in [-0.39, 0.29) is 18.1 Å². The molecule has 3 rings (SSSR count). The van der Waals surface area contributed by atoms with Gasteiger partial charge in [-0.2, -0.15) is 0 Å². The molecule has 1 fully saturated rings. The number of para-hydroxylation sites is 1. The van der Waals surface area contributed by atoms with Gasteiger partial charge in [-0.15, -0.1) is 0 Å². The van der Waals surface area contributed by atoms with Crippen LogP contribution in [0, 0.1) is 0 Å². The van der Waals surface area contributed by atoms with Gasteiger partial charge in [-0.05, 0) is 25.0 Å². The summed E-state index contributed by atoms with van der Waals surface area (Å²) in [6, 6.07) is 9.26. The molecule has 1 saturated carbocycles. The number of amides is 1. The van der Waals surface area contributed by atoms with E-state index in [9.17, 15) is 9.90 Å². The summed E-state index contributed by atoms with van der Waals surface area (Å²) >= 11 is 0. The standard InChI is InChI=1S/C14H14N2O2/c17-9-14(6-7-14)16-13(18)11-5-8-15-12-4-2-1-3-10(11)12/h1-5,8,17H,6-7,9H2,(H,16,18). The van der Waals surface area contributed by atoms with Crippen LogP contribution in [0.1, 0.15) is 23.2 Å². The third-order valence-electron chi connectivity index (χ3n) is 3.43. The van der Waals surface area contributed by atoms with Crippen molar-refractivity contribution < 1.29 is 9.90 Å². The van der Waals surface area contributed by atoms with E-state index in [4.69, 9.17) is 0 Å². The number of aliphatic hydroxyl groups is 1. The summed E-state index contributed by atoms with van der Waals surface area (Å²) in [5.74, 6) is -0.139. The molecule has 1 heterocycles. The van der Waals surface area contributed by atoms with E-state index in [2.05, 4.69) is 10.3 Å². The van der Waals surface area contributed by atoms with Crippen LogP contribution < -0.4 is 5.32 Å². The maximum atomic E-state index is 12.2. The van der Waals surface area contributed by atoms with E-state index in [1.807, 2.05) is 24.3 Å². The Labute approximate surface area is 105 Å².